The van der Waals surface area contributed by atoms with Gasteiger partial charge in [0, 0.05) is 5.56 Å². The molecule has 106 valence electrons. The number of aromatic carboxylic acids is 1. The summed E-state index contributed by atoms with van der Waals surface area (Å²) in [6, 6.07) is 4.93. The first-order valence-corrected chi connectivity index (χ1v) is 6.78. The molecular formula is C11H10N2O6S. The lowest BCUT2D eigenvalue weighted by Crippen LogP contribution is -2.16. The first-order valence-electron chi connectivity index (χ1n) is 5.34. The zero-order valence-corrected chi connectivity index (χ0v) is 11.0. The van der Waals surface area contributed by atoms with Crippen LogP contribution in [0.1, 0.15) is 16.1 Å². The van der Waals surface area contributed by atoms with Gasteiger partial charge < -0.3 is 5.11 Å². The number of carboxylic acid groups (broad SMARTS) is 1. The van der Waals surface area contributed by atoms with Gasteiger partial charge in [0.2, 0.25) is 0 Å². The minimum atomic E-state index is -4.41. The van der Waals surface area contributed by atoms with Crippen molar-refractivity contribution in [2.24, 2.45) is 0 Å². The van der Waals surface area contributed by atoms with Crippen molar-refractivity contribution in [3.05, 3.63) is 45.9 Å². The van der Waals surface area contributed by atoms with E-state index in [1.165, 1.54) is 19.1 Å². The second-order valence-corrected chi connectivity index (χ2v) is 5.45. The van der Waals surface area contributed by atoms with E-state index in [9.17, 15) is 18.0 Å². The molecule has 0 saturated carbocycles. The fraction of sp³-hybridized carbons (Fsp3) is 0.0909. The Kier molecular flexibility index (Phi) is 3.24. The van der Waals surface area contributed by atoms with Gasteiger partial charge in [-0.3, -0.25) is 14.4 Å². The third-order valence-electron chi connectivity index (χ3n) is 2.71. The van der Waals surface area contributed by atoms with Crippen LogP contribution in [-0.2, 0) is 10.1 Å². The Bertz CT molecular complexity index is 846. The number of aromatic nitrogens is 2. The molecule has 0 aliphatic rings. The summed E-state index contributed by atoms with van der Waals surface area (Å²) < 4.78 is 31.9. The molecule has 20 heavy (non-hydrogen) atoms. The third-order valence-corrected chi connectivity index (χ3v) is 3.56. The number of rotatable bonds is 3. The molecule has 2 rings (SSSR count). The van der Waals surface area contributed by atoms with Gasteiger partial charge in [0.05, 0.1) is 10.6 Å². The molecule has 1 aromatic carbocycles. The van der Waals surface area contributed by atoms with Gasteiger partial charge in [-0.25, -0.2) is 9.48 Å². The summed E-state index contributed by atoms with van der Waals surface area (Å²) in [6.07, 6.45) is 0. The van der Waals surface area contributed by atoms with Crippen molar-refractivity contribution in [2.75, 3.05) is 0 Å². The third kappa shape index (κ3) is 2.36. The van der Waals surface area contributed by atoms with Gasteiger partial charge in [0.1, 0.15) is 5.69 Å². The van der Waals surface area contributed by atoms with Crippen LogP contribution in [0.3, 0.4) is 0 Å². The van der Waals surface area contributed by atoms with Crippen LogP contribution in [0.2, 0.25) is 0 Å². The zero-order chi connectivity index (χ0) is 15.1. The number of nitrogens with one attached hydrogen (secondary N) is 1. The Labute approximate surface area is 113 Å². The van der Waals surface area contributed by atoms with Gasteiger partial charge >= 0.3 is 5.97 Å². The first kappa shape index (κ1) is 14.0. The largest absolute Gasteiger partial charge is 0.477 e. The highest BCUT2D eigenvalue weighted by Gasteiger charge is 2.18. The van der Waals surface area contributed by atoms with Gasteiger partial charge in [-0.15, -0.1) is 0 Å². The smallest absolute Gasteiger partial charge is 0.354 e. The number of hydrogen-bond donors (Lipinski definition) is 3. The number of carboxylic acids is 1. The molecule has 0 aliphatic carbocycles. The van der Waals surface area contributed by atoms with E-state index in [0.717, 1.165) is 16.8 Å². The maximum atomic E-state index is 11.9. The van der Waals surface area contributed by atoms with Crippen molar-refractivity contribution in [2.45, 2.75) is 11.8 Å². The van der Waals surface area contributed by atoms with E-state index >= 15 is 0 Å². The Morgan fingerprint density at radius 2 is 2.00 bits per heavy atom. The number of carbonyl (C=O) groups is 1. The van der Waals surface area contributed by atoms with Crippen molar-refractivity contribution >= 4 is 16.1 Å². The summed E-state index contributed by atoms with van der Waals surface area (Å²) in [4.78, 5) is 22.4. The topological polar surface area (TPSA) is 129 Å². The second kappa shape index (κ2) is 4.62. The maximum Gasteiger partial charge on any atom is 0.354 e. The van der Waals surface area contributed by atoms with Gasteiger partial charge in [-0.05, 0) is 25.1 Å². The molecule has 0 fully saturated rings. The lowest BCUT2D eigenvalue weighted by atomic mass is 10.3. The molecule has 0 radical (unpaired) electrons. The van der Waals surface area contributed by atoms with Crippen LogP contribution >= 0.6 is 0 Å². The monoisotopic (exact) mass is 298 g/mol. The Balaban J connectivity index is 2.67. The van der Waals surface area contributed by atoms with Crippen LogP contribution in [0.15, 0.2) is 34.0 Å². The number of aromatic amines is 1. The molecule has 2 aromatic rings. The molecule has 0 spiro atoms. The molecule has 0 atom stereocenters. The zero-order valence-electron chi connectivity index (χ0n) is 10.2. The normalized spacial score (nSPS) is 11.5. The molecule has 0 aliphatic heterocycles. The number of hydrogen-bond acceptors (Lipinski definition) is 4. The molecule has 0 bridgehead atoms. The van der Waals surface area contributed by atoms with E-state index in [0.29, 0.717) is 0 Å². The second-order valence-electron chi connectivity index (χ2n) is 4.03. The van der Waals surface area contributed by atoms with E-state index < -0.39 is 26.5 Å². The fourth-order valence-electron chi connectivity index (χ4n) is 1.69. The number of benzene rings is 1. The van der Waals surface area contributed by atoms with E-state index in [1.807, 2.05) is 0 Å². The lowest BCUT2D eigenvalue weighted by molar-refractivity contribution is 0.0689. The van der Waals surface area contributed by atoms with Gasteiger partial charge in [0.15, 0.2) is 0 Å². The average Bonchev–Trinajstić information content (AvgIpc) is 2.66. The predicted molar refractivity (Wildman–Crippen MR) is 67.9 cm³/mol. The lowest BCUT2D eigenvalue weighted by Gasteiger charge is -2.03. The highest BCUT2D eigenvalue weighted by molar-refractivity contribution is 7.85. The highest BCUT2D eigenvalue weighted by Crippen LogP contribution is 2.14. The standard InChI is InChI=1S/C11H10N2O6S/c1-6-9(11(15)16)12-13(10(6)14)7-3-2-4-8(5-7)20(17,18)19/h2-5,12H,1H3,(H,15,16)(H,17,18,19). The van der Waals surface area contributed by atoms with E-state index in [1.54, 1.807) is 0 Å². The van der Waals surface area contributed by atoms with Crippen molar-refractivity contribution in [1.82, 2.24) is 9.78 Å². The van der Waals surface area contributed by atoms with Crippen LogP contribution in [0.5, 0.6) is 0 Å². The summed E-state index contributed by atoms with van der Waals surface area (Å²) in [5.41, 5.74) is -0.808. The fourth-order valence-corrected chi connectivity index (χ4v) is 2.21. The Morgan fingerprint density at radius 3 is 2.50 bits per heavy atom. The van der Waals surface area contributed by atoms with Crippen molar-refractivity contribution < 1.29 is 22.9 Å². The first-order chi connectivity index (χ1) is 9.21. The molecule has 1 aromatic heterocycles. The molecule has 0 saturated heterocycles. The SMILES string of the molecule is Cc1c(C(=O)O)[nH]n(-c2cccc(S(=O)(=O)O)c2)c1=O. The molecule has 8 nitrogen and oxygen atoms in total. The minimum Gasteiger partial charge on any atom is -0.477 e. The van der Waals surface area contributed by atoms with Crippen LogP contribution in [0.4, 0.5) is 0 Å². The molecule has 1 heterocycles. The van der Waals surface area contributed by atoms with Crippen LogP contribution in [-0.4, -0.2) is 33.8 Å². The highest BCUT2D eigenvalue weighted by atomic mass is 32.2. The summed E-state index contributed by atoms with van der Waals surface area (Å²) in [5, 5.41) is 11.3. The molecule has 0 unspecified atom stereocenters. The van der Waals surface area contributed by atoms with Crippen molar-refractivity contribution in [3.63, 3.8) is 0 Å². The molecule has 0 amide bonds. The molecule has 3 N–H and O–H groups in total. The summed E-state index contributed by atoms with van der Waals surface area (Å²) in [5.74, 6) is -1.30. The molecule has 9 heteroatoms. The summed E-state index contributed by atoms with van der Waals surface area (Å²) in [7, 11) is -4.41. The minimum absolute atomic E-state index is 0.00485. The van der Waals surface area contributed by atoms with Gasteiger partial charge in [-0.2, -0.15) is 8.42 Å². The van der Waals surface area contributed by atoms with Gasteiger partial charge in [-0.1, -0.05) is 6.07 Å². The predicted octanol–water partition coefficient (Wildman–Crippen LogP) is 0.419. The number of H-pyrrole nitrogens is 1. The van der Waals surface area contributed by atoms with Crippen LogP contribution in [0.25, 0.3) is 5.69 Å². The quantitative estimate of drug-likeness (QED) is 0.704. The molecular weight excluding hydrogens is 288 g/mol. The van der Waals surface area contributed by atoms with Crippen molar-refractivity contribution in [3.8, 4) is 5.69 Å². The summed E-state index contributed by atoms with van der Waals surface area (Å²) >= 11 is 0. The van der Waals surface area contributed by atoms with Crippen LogP contribution < -0.4 is 5.56 Å². The average molecular weight is 298 g/mol. The maximum absolute atomic E-state index is 11.9. The van der Waals surface area contributed by atoms with Crippen LogP contribution in [0, 0.1) is 6.92 Å². The van der Waals surface area contributed by atoms with E-state index in [4.69, 9.17) is 9.66 Å². The summed E-state index contributed by atoms with van der Waals surface area (Å²) in [6.45, 7) is 1.34. The van der Waals surface area contributed by atoms with E-state index in [-0.39, 0.29) is 16.9 Å². The van der Waals surface area contributed by atoms with Gasteiger partial charge in [0.25, 0.3) is 15.7 Å². The van der Waals surface area contributed by atoms with E-state index in [2.05, 4.69) is 5.10 Å². The van der Waals surface area contributed by atoms with Crippen molar-refractivity contribution in [1.29, 1.82) is 0 Å². The Hall–Kier alpha value is -2.39. The number of nitrogens with zero attached hydrogens (tertiary/aromatic N) is 1. The Morgan fingerprint density at radius 1 is 1.35 bits per heavy atom.